The Labute approximate surface area is 109 Å². The summed E-state index contributed by atoms with van der Waals surface area (Å²) in [5.74, 6) is 1.32. The van der Waals surface area contributed by atoms with Gasteiger partial charge in [-0.1, -0.05) is 17.7 Å². The van der Waals surface area contributed by atoms with Gasteiger partial charge in [0.1, 0.15) is 11.9 Å². The minimum atomic E-state index is 0.000202. The minimum Gasteiger partial charge on any atom is -0.489 e. The summed E-state index contributed by atoms with van der Waals surface area (Å²) in [5, 5.41) is 3.04. The van der Waals surface area contributed by atoms with Crippen molar-refractivity contribution in [3.8, 4) is 5.75 Å². The zero-order valence-electron chi connectivity index (χ0n) is 11.6. The predicted octanol–water partition coefficient (Wildman–Crippen LogP) is 2.08. The van der Waals surface area contributed by atoms with Crippen LogP contribution in [0.3, 0.4) is 0 Å². The van der Waals surface area contributed by atoms with Gasteiger partial charge in [0.05, 0.1) is 6.54 Å². The highest BCUT2D eigenvalue weighted by Gasteiger charge is 2.03. The summed E-state index contributed by atoms with van der Waals surface area (Å²) in [6, 6.07) is 8.28. The van der Waals surface area contributed by atoms with E-state index in [1.807, 2.05) is 45.0 Å². The van der Waals surface area contributed by atoms with Gasteiger partial charge in [0.25, 0.3) is 0 Å². The molecule has 1 atom stereocenters. The Hall–Kier alpha value is -1.71. The minimum absolute atomic E-state index is 0.000202. The van der Waals surface area contributed by atoms with E-state index in [1.54, 1.807) is 0 Å². The number of nitrogens with two attached hydrogens (primary N) is 1. The molecule has 0 amide bonds. The van der Waals surface area contributed by atoms with Crippen molar-refractivity contribution in [3.05, 3.63) is 29.8 Å². The lowest BCUT2D eigenvalue weighted by molar-refractivity contribution is 0.230. The van der Waals surface area contributed by atoms with Crippen LogP contribution in [0.1, 0.15) is 26.3 Å². The maximum atomic E-state index is 5.73. The summed E-state index contributed by atoms with van der Waals surface area (Å²) >= 11 is 0. The molecule has 1 rings (SSSR count). The third-order valence-electron chi connectivity index (χ3n) is 2.31. The van der Waals surface area contributed by atoms with Gasteiger partial charge in [-0.15, -0.1) is 0 Å². The fraction of sp³-hybridized carbons (Fsp3) is 0.500. The van der Waals surface area contributed by atoms with E-state index >= 15 is 0 Å². The molecule has 0 saturated carbocycles. The van der Waals surface area contributed by atoms with Crippen molar-refractivity contribution in [1.82, 2.24) is 5.32 Å². The predicted molar refractivity (Wildman–Crippen MR) is 76.0 cm³/mol. The molecule has 4 nitrogen and oxygen atoms in total. The smallest absolute Gasteiger partial charge is 0.188 e. The molecule has 1 aromatic rings. The quantitative estimate of drug-likeness (QED) is 0.620. The number of rotatable bonds is 5. The van der Waals surface area contributed by atoms with Gasteiger partial charge >= 0.3 is 0 Å². The number of aliphatic imine (C=N–C) groups is 1. The highest BCUT2D eigenvalue weighted by molar-refractivity contribution is 5.78. The van der Waals surface area contributed by atoms with Crippen LogP contribution >= 0.6 is 0 Å². The van der Waals surface area contributed by atoms with Crippen molar-refractivity contribution in [2.24, 2.45) is 10.7 Å². The summed E-state index contributed by atoms with van der Waals surface area (Å²) < 4.78 is 5.73. The van der Waals surface area contributed by atoms with Crippen molar-refractivity contribution in [2.75, 3.05) is 6.54 Å². The number of ether oxygens (including phenoxy) is 1. The van der Waals surface area contributed by atoms with Gasteiger partial charge in [-0.3, -0.25) is 0 Å². The Kier molecular flexibility index (Phi) is 5.49. The Morgan fingerprint density at radius 3 is 2.44 bits per heavy atom. The maximum absolute atomic E-state index is 5.73. The van der Waals surface area contributed by atoms with Crippen LogP contribution in [0.15, 0.2) is 29.3 Å². The Morgan fingerprint density at radius 2 is 1.89 bits per heavy atom. The van der Waals surface area contributed by atoms with Gasteiger partial charge in [0.2, 0.25) is 0 Å². The molecule has 0 aromatic heterocycles. The third-order valence-corrected chi connectivity index (χ3v) is 2.31. The molecule has 1 unspecified atom stereocenters. The lowest BCUT2D eigenvalue weighted by Crippen LogP contribution is -2.37. The first-order chi connectivity index (χ1) is 8.47. The van der Waals surface area contributed by atoms with Crippen LogP contribution in [0, 0.1) is 6.92 Å². The number of nitrogens with one attached hydrogen (secondary N) is 1. The van der Waals surface area contributed by atoms with Crippen molar-refractivity contribution in [1.29, 1.82) is 0 Å². The second kappa shape index (κ2) is 6.89. The second-order valence-electron chi connectivity index (χ2n) is 4.77. The number of hydrogen-bond acceptors (Lipinski definition) is 2. The van der Waals surface area contributed by atoms with E-state index in [-0.39, 0.29) is 6.10 Å². The van der Waals surface area contributed by atoms with E-state index in [9.17, 15) is 0 Å². The highest BCUT2D eigenvalue weighted by Crippen LogP contribution is 2.13. The molecule has 0 aliphatic rings. The van der Waals surface area contributed by atoms with Gasteiger partial charge in [0.15, 0.2) is 5.96 Å². The zero-order chi connectivity index (χ0) is 13.5. The molecule has 0 heterocycles. The van der Waals surface area contributed by atoms with Crippen LogP contribution in [0.5, 0.6) is 5.75 Å². The number of hydrogen-bond donors (Lipinski definition) is 2. The van der Waals surface area contributed by atoms with E-state index in [0.717, 1.165) is 5.75 Å². The molecule has 0 spiro atoms. The van der Waals surface area contributed by atoms with E-state index in [0.29, 0.717) is 18.5 Å². The molecule has 4 heteroatoms. The summed E-state index contributed by atoms with van der Waals surface area (Å²) in [4.78, 5) is 4.24. The highest BCUT2D eigenvalue weighted by atomic mass is 16.5. The van der Waals surface area contributed by atoms with E-state index in [2.05, 4.69) is 17.2 Å². The Bertz CT molecular complexity index is 385. The SMILES string of the molecule is Cc1ccc(OC(C)CN=C(N)NC(C)C)cc1. The third kappa shape index (κ3) is 5.57. The van der Waals surface area contributed by atoms with Gasteiger partial charge < -0.3 is 15.8 Å². The molecular weight excluding hydrogens is 226 g/mol. The fourth-order valence-corrected chi connectivity index (χ4v) is 1.45. The lowest BCUT2D eigenvalue weighted by atomic mass is 10.2. The first kappa shape index (κ1) is 14.4. The molecule has 1 aromatic carbocycles. The van der Waals surface area contributed by atoms with Crippen LogP contribution in [0.2, 0.25) is 0 Å². The second-order valence-corrected chi connectivity index (χ2v) is 4.77. The summed E-state index contributed by atoms with van der Waals surface area (Å²) in [6.07, 6.45) is 0.000202. The van der Waals surface area contributed by atoms with Gasteiger partial charge in [-0.05, 0) is 39.8 Å². The van der Waals surface area contributed by atoms with Crippen LogP contribution < -0.4 is 15.8 Å². The van der Waals surface area contributed by atoms with Crippen LogP contribution in [-0.2, 0) is 0 Å². The molecule has 0 bridgehead atoms. The summed E-state index contributed by atoms with van der Waals surface area (Å²) in [7, 11) is 0. The number of guanidine groups is 1. The molecule has 0 aliphatic carbocycles. The van der Waals surface area contributed by atoms with Gasteiger partial charge in [-0.25, -0.2) is 4.99 Å². The van der Waals surface area contributed by atoms with Crippen LogP contribution in [-0.4, -0.2) is 24.7 Å². The largest absolute Gasteiger partial charge is 0.489 e. The number of benzene rings is 1. The normalized spacial score (nSPS) is 13.5. The Balaban J connectivity index is 2.42. The topological polar surface area (TPSA) is 59.6 Å². The average Bonchev–Trinajstić information content (AvgIpc) is 2.29. The van der Waals surface area contributed by atoms with Crippen molar-refractivity contribution in [3.63, 3.8) is 0 Å². The van der Waals surface area contributed by atoms with Gasteiger partial charge in [0, 0.05) is 6.04 Å². The first-order valence-corrected chi connectivity index (χ1v) is 6.27. The van der Waals surface area contributed by atoms with Gasteiger partial charge in [-0.2, -0.15) is 0 Å². The zero-order valence-corrected chi connectivity index (χ0v) is 11.6. The Morgan fingerprint density at radius 1 is 1.28 bits per heavy atom. The molecule has 0 fully saturated rings. The molecule has 0 radical (unpaired) electrons. The van der Waals surface area contributed by atoms with Crippen molar-refractivity contribution in [2.45, 2.75) is 39.8 Å². The fourth-order valence-electron chi connectivity index (χ4n) is 1.45. The molecule has 18 heavy (non-hydrogen) atoms. The number of aryl methyl sites for hydroxylation is 1. The molecule has 100 valence electrons. The van der Waals surface area contributed by atoms with Crippen LogP contribution in [0.25, 0.3) is 0 Å². The molecule has 0 saturated heterocycles. The summed E-state index contributed by atoms with van der Waals surface area (Å²) in [5.41, 5.74) is 6.94. The lowest BCUT2D eigenvalue weighted by Gasteiger charge is -2.14. The van der Waals surface area contributed by atoms with E-state index in [4.69, 9.17) is 10.5 Å². The van der Waals surface area contributed by atoms with Crippen molar-refractivity contribution < 1.29 is 4.74 Å². The molecular formula is C14H23N3O. The standard InChI is InChI=1S/C14H23N3O/c1-10(2)17-14(15)16-9-12(4)18-13-7-5-11(3)6-8-13/h5-8,10,12H,9H2,1-4H3,(H3,15,16,17). The van der Waals surface area contributed by atoms with E-state index in [1.165, 1.54) is 5.56 Å². The van der Waals surface area contributed by atoms with E-state index < -0.39 is 0 Å². The average molecular weight is 249 g/mol. The summed E-state index contributed by atoms with van der Waals surface area (Å²) in [6.45, 7) is 8.62. The monoisotopic (exact) mass is 249 g/mol. The first-order valence-electron chi connectivity index (χ1n) is 6.27. The number of nitrogens with zero attached hydrogens (tertiary/aromatic N) is 1. The van der Waals surface area contributed by atoms with Crippen molar-refractivity contribution >= 4 is 5.96 Å². The molecule has 0 aliphatic heterocycles. The molecule has 3 N–H and O–H groups in total. The van der Waals surface area contributed by atoms with Crippen LogP contribution in [0.4, 0.5) is 0 Å². The maximum Gasteiger partial charge on any atom is 0.188 e.